The molecule has 0 amide bonds. The first-order valence-corrected chi connectivity index (χ1v) is 12.0. The molecule has 0 bridgehead atoms. The average Bonchev–Trinajstić information content (AvgIpc) is 2.56. The molecule has 0 radical (unpaired) electrons. The van der Waals surface area contributed by atoms with Crippen LogP contribution in [-0.4, -0.2) is 25.2 Å². The molecule has 1 atom stereocenters. The highest BCUT2D eigenvalue weighted by Crippen LogP contribution is 2.15. The molecule has 162 valence electrons. The van der Waals surface area contributed by atoms with Crippen LogP contribution in [0.1, 0.15) is 117 Å². The molecule has 0 aromatic rings. The van der Waals surface area contributed by atoms with Crippen LogP contribution in [0.3, 0.4) is 0 Å². The van der Waals surface area contributed by atoms with E-state index in [0.29, 0.717) is 6.42 Å². The van der Waals surface area contributed by atoms with Crippen LogP contribution in [0.2, 0.25) is 0 Å². The van der Waals surface area contributed by atoms with Crippen molar-refractivity contribution in [3.8, 4) is 0 Å². The molecular formula is C20H40O6S. The van der Waals surface area contributed by atoms with Gasteiger partial charge in [0.05, 0.1) is 0 Å². The number of unbranched alkanes of at least 4 members (excludes halogenated alkanes) is 14. The van der Waals surface area contributed by atoms with Gasteiger partial charge in [0.15, 0.2) is 0 Å². The van der Waals surface area contributed by atoms with Crippen molar-refractivity contribution < 1.29 is 26.7 Å². The van der Waals surface area contributed by atoms with E-state index in [9.17, 15) is 13.2 Å². The van der Waals surface area contributed by atoms with Crippen LogP contribution in [0.5, 0.6) is 0 Å². The van der Waals surface area contributed by atoms with Crippen molar-refractivity contribution in [2.45, 2.75) is 123 Å². The van der Waals surface area contributed by atoms with E-state index in [1.54, 1.807) is 0 Å². The zero-order chi connectivity index (χ0) is 20.4. The largest absolute Gasteiger partial charge is 0.435 e. The fraction of sp³-hybridized carbons (Fsp3) is 0.950. The summed E-state index contributed by atoms with van der Waals surface area (Å²) < 4.78 is 39.2. The standard InChI is InChI=1S/C20H40O6S/c1-3-4-5-6-7-8-9-10-11-12-13-14-15-16-17-18-20(25-19(2)21)26-27(22,23)24/h20H,3-18H2,1-2H3,(H,22,23,24). The predicted octanol–water partition coefficient (Wildman–Crippen LogP) is 5.96. The lowest BCUT2D eigenvalue weighted by Crippen LogP contribution is -2.23. The van der Waals surface area contributed by atoms with Crippen molar-refractivity contribution in [3.05, 3.63) is 0 Å². The van der Waals surface area contributed by atoms with Gasteiger partial charge in [-0.05, 0) is 6.42 Å². The van der Waals surface area contributed by atoms with Gasteiger partial charge in [-0.15, -0.1) is 0 Å². The Balaban J connectivity index is 3.45. The molecule has 0 aliphatic carbocycles. The summed E-state index contributed by atoms with van der Waals surface area (Å²) in [6.07, 6.45) is 17.6. The average molecular weight is 409 g/mol. The molecule has 0 fully saturated rings. The monoisotopic (exact) mass is 408 g/mol. The molecule has 7 heteroatoms. The Morgan fingerprint density at radius 3 is 1.48 bits per heavy atom. The van der Waals surface area contributed by atoms with Gasteiger partial charge in [0.1, 0.15) is 0 Å². The van der Waals surface area contributed by atoms with Crippen molar-refractivity contribution in [2.75, 3.05) is 0 Å². The summed E-state index contributed by atoms with van der Waals surface area (Å²) >= 11 is 0. The van der Waals surface area contributed by atoms with Crippen LogP contribution in [0.4, 0.5) is 0 Å². The topological polar surface area (TPSA) is 89.9 Å². The summed E-state index contributed by atoms with van der Waals surface area (Å²) in [5.41, 5.74) is 0. The molecule has 0 aromatic heterocycles. The summed E-state index contributed by atoms with van der Waals surface area (Å²) in [6, 6.07) is 0. The van der Waals surface area contributed by atoms with Crippen LogP contribution >= 0.6 is 0 Å². The third-order valence-corrected chi connectivity index (χ3v) is 5.03. The molecule has 1 N–H and O–H groups in total. The van der Waals surface area contributed by atoms with Gasteiger partial charge in [-0.25, -0.2) is 4.18 Å². The number of carbonyl (C=O) groups excluding carboxylic acids is 1. The summed E-state index contributed by atoms with van der Waals surface area (Å²) in [6.45, 7) is 3.42. The lowest BCUT2D eigenvalue weighted by Gasteiger charge is -2.14. The van der Waals surface area contributed by atoms with Crippen molar-refractivity contribution in [2.24, 2.45) is 0 Å². The minimum atomic E-state index is -4.62. The molecule has 27 heavy (non-hydrogen) atoms. The first-order chi connectivity index (χ1) is 12.8. The van der Waals surface area contributed by atoms with Gasteiger partial charge in [0, 0.05) is 13.3 Å². The molecule has 6 nitrogen and oxygen atoms in total. The highest BCUT2D eigenvalue weighted by molar-refractivity contribution is 7.80. The van der Waals surface area contributed by atoms with E-state index in [2.05, 4.69) is 11.1 Å². The van der Waals surface area contributed by atoms with Crippen LogP contribution in [0.25, 0.3) is 0 Å². The zero-order valence-corrected chi connectivity index (χ0v) is 18.1. The Bertz CT molecular complexity index is 449. The molecule has 0 aliphatic heterocycles. The minimum absolute atomic E-state index is 0.262. The fourth-order valence-electron chi connectivity index (χ4n) is 3.13. The van der Waals surface area contributed by atoms with E-state index < -0.39 is 22.7 Å². The number of carbonyl (C=O) groups is 1. The Kier molecular flexibility index (Phi) is 17.0. The van der Waals surface area contributed by atoms with Gasteiger partial charge in [0.2, 0.25) is 6.29 Å². The third-order valence-electron chi connectivity index (χ3n) is 4.57. The van der Waals surface area contributed by atoms with Crippen LogP contribution in [0, 0.1) is 0 Å². The van der Waals surface area contributed by atoms with E-state index in [1.807, 2.05) is 0 Å². The van der Waals surface area contributed by atoms with E-state index >= 15 is 0 Å². The second-order valence-corrected chi connectivity index (χ2v) is 8.35. The fourth-order valence-corrected chi connectivity index (χ4v) is 3.54. The number of esters is 1. The van der Waals surface area contributed by atoms with Gasteiger partial charge in [0.25, 0.3) is 0 Å². The predicted molar refractivity (Wildman–Crippen MR) is 108 cm³/mol. The third kappa shape index (κ3) is 21.5. The molecule has 0 spiro atoms. The Labute approximate surface area is 166 Å². The van der Waals surface area contributed by atoms with E-state index in [1.165, 1.54) is 77.6 Å². The van der Waals surface area contributed by atoms with E-state index in [4.69, 9.17) is 9.29 Å². The van der Waals surface area contributed by atoms with Crippen molar-refractivity contribution in [3.63, 3.8) is 0 Å². The van der Waals surface area contributed by atoms with Crippen molar-refractivity contribution in [1.82, 2.24) is 0 Å². The number of hydrogen-bond donors (Lipinski definition) is 1. The van der Waals surface area contributed by atoms with Crippen LogP contribution < -0.4 is 0 Å². The Morgan fingerprint density at radius 2 is 1.15 bits per heavy atom. The second kappa shape index (κ2) is 17.4. The van der Waals surface area contributed by atoms with E-state index in [0.717, 1.165) is 19.3 Å². The summed E-state index contributed by atoms with van der Waals surface area (Å²) in [5.74, 6) is -0.635. The number of ether oxygens (including phenoxy) is 1. The molecule has 0 aromatic carbocycles. The second-order valence-electron chi connectivity index (χ2n) is 7.30. The molecule has 0 rings (SSSR count). The highest BCUT2D eigenvalue weighted by atomic mass is 32.3. The van der Waals surface area contributed by atoms with Gasteiger partial charge in [-0.1, -0.05) is 96.8 Å². The van der Waals surface area contributed by atoms with Crippen LogP contribution in [0.15, 0.2) is 0 Å². The molecule has 0 saturated heterocycles. The zero-order valence-electron chi connectivity index (χ0n) is 17.3. The smallest absolute Gasteiger partial charge is 0.400 e. The summed E-state index contributed by atoms with van der Waals surface area (Å²) in [5, 5.41) is 0. The Morgan fingerprint density at radius 1 is 0.778 bits per heavy atom. The SMILES string of the molecule is CCCCCCCCCCCCCCCCCC(OC(C)=O)OS(=O)(=O)O. The summed E-state index contributed by atoms with van der Waals surface area (Å²) in [7, 11) is -4.62. The van der Waals surface area contributed by atoms with Gasteiger partial charge in [-0.3, -0.25) is 9.35 Å². The first kappa shape index (κ1) is 26.3. The van der Waals surface area contributed by atoms with E-state index in [-0.39, 0.29) is 6.42 Å². The highest BCUT2D eigenvalue weighted by Gasteiger charge is 2.19. The number of hydrogen-bond acceptors (Lipinski definition) is 5. The van der Waals surface area contributed by atoms with Crippen molar-refractivity contribution >= 4 is 16.4 Å². The van der Waals surface area contributed by atoms with Crippen molar-refractivity contribution in [1.29, 1.82) is 0 Å². The maximum Gasteiger partial charge on any atom is 0.400 e. The minimum Gasteiger partial charge on any atom is -0.435 e. The van der Waals surface area contributed by atoms with Gasteiger partial charge in [-0.2, -0.15) is 8.42 Å². The normalized spacial score (nSPS) is 12.9. The lowest BCUT2D eigenvalue weighted by atomic mass is 10.0. The first-order valence-electron chi connectivity index (χ1n) is 10.7. The molecule has 0 heterocycles. The number of rotatable bonds is 19. The molecular weight excluding hydrogens is 368 g/mol. The molecule has 0 saturated carbocycles. The van der Waals surface area contributed by atoms with Gasteiger partial charge >= 0.3 is 16.4 Å². The Hall–Kier alpha value is -0.660. The van der Waals surface area contributed by atoms with Crippen LogP contribution in [-0.2, 0) is 24.1 Å². The van der Waals surface area contributed by atoms with Gasteiger partial charge < -0.3 is 4.74 Å². The maximum absolute atomic E-state index is 10.9. The quantitative estimate of drug-likeness (QED) is 0.123. The maximum atomic E-state index is 10.9. The lowest BCUT2D eigenvalue weighted by molar-refractivity contribution is -0.161. The molecule has 1 unspecified atom stereocenters. The molecule has 0 aliphatic rings. The summed E-state index contributed by atoms with van der Waals surface area (Å²) in [4.78, 5) is 10.9.